The Labute approximate surface area is 205 Å². The number of aromatic nitrogens is 3. The van der Waals surface area contributed by atoms with Crippen LogP contribution < -0.4 is 11.0 Å². The normalized spacial score (nSPS) is 19.8. The van der Waals surface area contributed by atoms with Gasteiger partial charge in [-0.2, -0.15) is 0 Å². The molecular weight excluding hydrogens is 445 g/mol. The fourth-order valence-electron chi connectivity index (χ4n) is 5.04. The van der Waals surface area contributed by atoms with Crippen LogP contribution in [0.3, 0.4) is 0 Å². The Balaban J connectivity index is 1.64. The van der Waals surface area contributed by atoms with Crippen molar-refractivity contribution in [2.75, 3.05) is 0 Å². The van der Waals surface area contributed by atoms with Crippen LogP contribution in [0.25, 0.3) is 11.3 Å². The summed E-state index contributed by atoms with van der Waals surface area (Å²) in [5, 5.41) is 0. The van der Waals surface area contributed by atoms with Crippen LogP contribution in [0.15, 0.2) is 35.5 Å². The Morgan fingerprint density at radius 1 is 1.11 bits per heavy atom. The van der Waals surface area contributed by atoms with Crippen molar-refractivity contribution in [3.63, 3.8) is 0 Å². The Morgan fingerprint density at radius 3 is 2.46 bits per heavy atom. The van der Waals surface area contributed by atoms with Gasteiger partial charge in [-0.05, 0) is 69.1 Å². The molecule has 9 heteroatoms. The molecule has 1 saturated heterocycles. The molecule has 5 rings (SSSR count). The highest BCUT2D eigenvalue weighted by atomic mass is 16.7. The third-order valence-electron chi connectivity index (χ3n) is 7.57. The summed E-state index contributed by atoms with van der Waals surface area (Å²) >= 11 is 0. The minimum Gasteiger partial charge on any atom is -0.461 e. The topological polar surface area (TPSA) is 84.1 Å². The molecule has 1 fully saturated rings. The van der Waals surface area contributed by atoms with E-state index in [1.807, 2.05) is 44.4 Å². The van der Waals surface area contributed by atoms with Crippen molar-refractivity contribution < 1.29 is 18.8 Å². The first-order valence-electron chi connectivity index (χ1n) is 12.0. The van der Waals surface area contributed by atoms with Gasteiger partial charge >= 0.3 is 13.1 Å². The maximum atomic E-state index is 13.7. The van der Waals surface area contributed by atoms with Gasteiger partial charge in [0.25, 0.3) is 5.56 Å². The highest BCUT2D eigenvalue weighted by Crippen LogP contribution is 2.38. The number of ether oxygens (including phenoxy) is 1. The van der Waals surface area contributed by atoms with Gasteiger partial charge in [-0.3, -0.25) is 14.2 Å². The van der Waals surface area contributed by atoms with Crippen molar-refractivity contribution in [2.24, 2.45) is 5.41 Å². The summed E-state index contributed by atoms with van der Waals surface area (Å²) in [4.78, 5) is 29.9. The SMILES string of the molecule is CC(=O)OCc1c(B2OC(C)(C)C(C)(C)O2)ccnc1-n1ccn2c3c(cc2c1=O)CC(C)(C)C3. The summed E-state index contributed by atoms with van der Waals surface area (Å²) in [5.74, 6) is -0.0271. The molecule has 3 aromatic rings. The molecule has 3 aromatic heterocycles. The lowest BCUT2D eigenvalue weighted by atomic mass is 9.76. The van der Waals surface area contributed by atoms with E-state index < -0.39 is 24.3 Å². The van der Waals surface area contributed by atoms with Crippen LogP contribution in [0.4, 0.5) is 0 Å². The molecule has 2 aliphatic rings. The summed E-state index contributed by atoms with van der Waals surface area (Å²) in [6.45, 7) is 13.7. The highest BCUT2D eigenvalue weighted by Gasteiger charge is 2.52. The second-order valence-electron chi connectivity index (χ2n) is 11.4. The van der Waals surface area contributed by atoms with E-state index in [-0.39, 0.29) is 17.6 Å². The van der Waals surface area contributed by atoms with E-state index >= 15 is 0 Å². The lowest BCUT2D eigenvalue weighted by molar-refractivity contribution is -0.142. The maximum Gasteiger partial charge on any atom is 0.495 e. The summed E-state index contributed by atoms with van der Waals surface area (Å²) < 4.78 is 21.4. The molecule has 0 bridgehead atoms. The van der Waals surface area contributed by atoms with E-state index in [0.717, 1.165) is 12.8 Å². The van der Waals surface area contributed by atoms with Gasteiger partial charge in [-0.15, -0.1) is 0 Å². The van der Waals surface area contributed by atoms with Crippen LogP contribution >= 0.6 is 0 Å². The number of hydrogen-bond acceptors (Lipinski definition) is 6. The third-order valence-corrected chi connectivity index (χ3v) is 7.57. The first kappa shape index (κ1) is 23.8. The first-order valence-corrected chi connectivity index (χ1v) is 12.0. The van der Waals surface area contributed by atoms with Gasteiger partial charge in [0.2, 0.25) is 0 Å². The number of hydrogen-bond donors (Lipinski definition) is 0. The number of fused-ring (bicyclic) bond motifs is 3. The van der Waals surface area contributed by atoms with Crippen LogP contribution in [-0.4, -0.2) is 38.2 Å². The molecule has 4 heterocycles. The Morgan fingerprint density at radius 2 is 1.80 bits per heavy atom. The van der Waals surface area contributed by atoms with Crippen molar-refractivity contribution in [1.82, 2.24) is 14.0 Å². The van der Waals surface area contributed by atoms with Crippen molar-refractivity contribution in [3.05, 3.63) is 57.9 Å². The minimum atomic E-state index is -0.689. The smallest absolute Gasteiger partial charge is 0.461 e. The van der Waals surface area contributed by atoms with Gasteiger partial charge in [-0.1, -0.05) is 13.8 Å². The van der Waals surface area contributed by atoms with Crippen molar-refractivity contribution in [2.45, 2.75) is 79.1 Å². The summed E-state index contributed by atoms with van der Waals surface area (Å²) in [6.07, 6.45) is 7.14. The van der Waals surface area contributed by atoms with Crippen molar-refractivity contribution in [3.8, 4) is 5.82 Å². The van der Waals surface area contributed by atoms with Gasteiger partial charge in [0.15, 0.2) is 0 Å². The van der Waals surface area contributed by atoms with E-state index in [4.69, 9.17) is 14.0 Å². The molecular formula is C26H32BN3O5. The molecule has 0 amide bonds. The lowest BCUT2D eigenvalue weighted by Crippen LogP contribution is -2.41. The maximum absolute atomic E-state index is 13.7. The van der Waals surface area contributed by atoms with E-state index in [1.54, 1.807) is 18.5 Å². The molecule has 0 atom stereocenters. The average molecular weight is 477 g/mol. The van der Waals surface area contributed by atoms with Crippen LogP contribution in [-0.2, 0) is 38.3 Å². The second kappa shape index (κ2) is 7.80. The van der Waals surface area contributed by atoms with Crippen molar-refractivity contribution >= 4 is 24.1 Å². The van der Waals surface area contributed by atoms with E-state index in [2.05, 4.69) is 18.8 Å². The minimum absolute atomic E-state index is 0.0543. The van der Waals surface area contributed by atoms with Gasteiger partial charge < -0.3 is 18.4 Å². The fourth-order valence-corrected chi connectivity index (χ4v) is 5.04. The predicted octanol–water partition coefficient (Wildman–Crippen LogP) is 2.97. The quantitative estimate of drug-likeness (QED) is 0.425. The van der Waals surface area contributed by atoms with E-state index in [0.29, 0.717) is 22.4 Å². The molecule has 0 unspecified atom stereocenters. The zero-order chi connectivity index (χ0) is 25.3. The highest BCUT2D eigenvalue weighted by molar-refractivity contribution is 6.62. The number of carbonyl (C=O) groups is 1. The van der Waals surface area contributed by atoms with E-state index in [1.165, 1.54) is 22.7 Å². The molecule has 8 nitrogen and oxygen atoms in total. The monoisotopic (exact) mass is 477 g/mol. The van der Waals surface area contributed by atoms with Crippen LogP contribution in [0.2, 0.25) is 0 Å². The molecule has 0 N–H and O–H groups in total. The predicted molar refractivity (Wildman–Crippen MR) is 133 cm³/mol. The van der Waals surface area contributed by atoms with Crippen LogP contribution in [0.1, 0.15) is 65.3 Å². The molecule has 35 heavy (non-hydrogen) atoms. The fraction of sp³-hybridized carbons (Fsp3) is 0.500. The molecule has 0 aromatic carbocycles. The second-order valence-corrected chi connectivity index (χ2v) is 11.4. The Kier molecular flexibility index (Phi) is 5.31. The molecule has 0 radical (unpaired) electrons. The van der Waals surface area contributed by atoms with Crippen LogP contribution in [0, 0.1) is 5.41 Å². The first-order chi connectivity index (χ1) is 16.3. The summed E-state index contributed by atoms with van der Waals surface area (Å²) in [6, 6.07) is 3.79. The molecule has 0 saturated carbocycles. The van der Waals surface area contributed by atoms with Gasteiger partial charge in [-0.25, -0.2) is 4.98 Å². The molecule has 1 aliphatic heterocycles. The number of nitrogens with zero attached hydrogens (tertiary/aromatic N) is 3. The zero-order valence-corrected chi connectivity index (χ0v) is 21.5. The van der Waals surface area contributed by atoms with Gasteiger partial charge in [0.1, 0.15) is 17.9 Å². The summed E-state index contributed by atoms with van der Waals surface area (Å²) in [5.41, 5.74) is 3.19. The van der Waals surface area contributed by atoms with Gasteiger partial charge in [0, 0.05) is 36.8 Å². The molecule has 0 spiro atoms. The third kappa shape index (κ3) is 3.91. The standard InChI is InChI=1S/C26H32BN3O5/c1-16(31)33-15-18-19(27-34-25(4,5)26(6,7)35-27)8-9-28-22(18)30-11-10-29-20(23(30)32)12-17-13-24(2,3)14-21(17)29/h8-12H,13-15H2,1-7H3. The van der Waals surface area contributed by atoms with Gasteiger partial charge in [0.05, 0.1) is 11.2 Å². The number of esters is 1. The van der Waals surface area contributed by atoms with E-state index in [9.17, 15) is 9.59 Å². The zero-order valence-electron chi connectivity index (χ0n) is 21.5. The Hall–Kier alpha value is -2.91. The van der Waals surface area contributed by atoms with Crippen molar-refractivity contribution in [1.29, 1.82) is 0 Å². The van der Waals surface area contributed by atoms with Crippen LogP contribution in [0.5, 0.6) is 0 Å². The largest absolute Gasteiger partial charge is 0.495 e. The Bertz CT molecular complexity index is 1390. The lowest BCUT2D eigenvalue weighted by Gasteiger charge is -2.32. The molecule has 184 valence electrons. The molecule has 1 aliphatic carbocycles. The number of pyridine rings is 1. The number of rotatable bonds is 4. The average Bonchev–Trinajstić information content (AvgIpc) is 3.31. The summed E-state index contributed by atoms with van der Waals surface area (Å²) in [7, 11) is -0.689. The number of carbonyl (C=O) groups excluding carboxylic acids is 1.